The van der Waals surface area contributed by atoms with Gasteiger partial charge in [-0.1, -0.05) is 48.5 Å². The van der Waals surface area contributed by atoms with Crippen molar-refractivity contribution in [3.63, 3.8) is 0 Å². The highest BCUT2D eigenvalue weighted by molar-refractivity contribution is 7.17. The maximum absolute atomic E-state index is 12.4. The first-order valence-electron chi connectivity index (χ1n) is 8.74. The van der Waals surface area contributed by atoms with Gasteiger partial charge >= 0.3 is 6.09 Å². The Hall–Kier alpha value is -3.37. The highest BCUT2D eigenvalue weighted by atomic mass is 32.1. The zero-order valence-corrected chi connectivity index (χ0v) is 15.9. The Morgan fingerprint density at radius 3 is 2.64 bits per heavy atom. The van der Waals surface area contributed by atoms with Gasteiger partial charge in [0, 0.05) is 11.1 Å². The Kier molecular flexibility index (Phi) is 6.60. The molecule has 3 rings (SSSR count). The van der Waals surface area contributed by atoms with Crippen LogP contribution in [-0.2, 0) is 22.6 Å². The second-order valence-corrected chi connectivity index (χ2v) is 7.01. The zero-order valence-electron chi connectivity index (χ0n) is 15.1. The predicted octanol–water partition coefficient (Wildman–Crippen LogP) is 3.38. The van der Waals surface area contributed by atoms with Crippen molar-refractivity contribution in [2.45, 2.75) is 19.1 Å². The summed E-state index contributed by atoms with van der Waals surface area (Å²) >= 11 is 1.58. The number of hydrogen-bond acceptors (Lipinski definition) is 5. The minimum absolute atomic E-state index is 0.112. The van der Waals surface area contributed by atoms with Crippen LogP contribution in [0.3, 0.4) is 0 Å². The summed E-state index contributed by atoms with van der Waals surface area (Å²) in [4.78, 5) is 24.7. The summed E-state index contributed by atoms with van der Waals surface area (Å²) in [5.41, 5.74) is 1.81. The number of hydrogen-bond donors (Lipinski definition) is 2. The number of carbonyl (C=O) groups excluding carboxylic acids is 2. The maximum Gasteiger partial charge on any atom is 0.408 e. The summed E-state index contributed by atoms with van der Waals surface area (Å²) in [6.45, 7) is -0.0128. The van der Waals surface area contributed by atoms with Gasteiger partial charge in [-0.25, -0.2) is 4.79 Å². The van der Waals surface area contributed by atoms with Gasteiger partial charge in [-0.3, -0.25) is 4.79 Å². The molecule has 0 aliphatic carbocycles. The van der Waals surface area contributed by atoms with Crippen LogP contribution in [-0.4, -0.2) is 24.6 Å². The van der Waals surface area contributed by atoms with E-state index < -0.39 is 18.0 Å². The van der Waals surface area contributed by atoms with E-state index in [0.717, 1.165) is 21.2 Å². The second-order valence-electron chi connectivity index (χ2n) is 6.10. The Labute approximate surface area is 166 Å². The third-order valence-electron chi connectivity index (χ3n) is 4.15. The van der Waals surface area contributed by atoms with E-state index in [4.69, 9.17) is 10.00 Å². The summed E-state index contributed by atoms with van der Waals surface area (Å²) in [6.07, 6.45) is -0.373. The third-order valence-corrected chi connectivity index (χ3v) is 5.16. The number of nitriles is 1. The lowest BCUT2D eigenvalue weighted by Gasteiger charge is -2.17. The first-order chi connectivity index (χ1) is 13.7. The number of fused-ring (bicyclic) bond motifs is 1. The molecular weight excluding hydrogens is 374 g/mol. The highest BCUT2D eigenvalue weighted by Crippen LogP contribution is 2.26. The normalized spacial score (nSPS) is 11.4. The molecule has 28 heavy (non-hydrogen) atoms. The molecule has 0 aliphatic rings. The Balaban J connectivity index is 1.68. The predicted molar refractivity (Wildman–Crippen MR) is 108 cm³/mol. The molecule has 0 saturated carbocycles. The monoisotopic (exact) mass is 393 g/mol. The van der Waals surface area contributed by atoms with Crippen LogP contribution in [0.15, 0.2) is 60.0 Å². The van der Waals surface area contributed by atoms with Crippen molar-refractivity contribution in [2.75, 3.05) is 6.54 Å². The fraction of sp³-hybridized carbons (Fsp3) is 0.190. The first kappa shape index (κ1) is 19.4. The average Bonchev–Trinajstić information content (AvgIpc) is 3.13. The van der Waals surface area contributed by atoms with Gasteiger partial charge in [-0.05, 0) is 28.0 Å². The molecule has 6 nitrogen and oxygen atoms in total. The SMILES string of the molecule is N#CCNC(=O)[C@H](Cc1csc2ccccc12)NC(=O)OCc1ccccc1. The molecule has 0 radical (unpaired) electrons. The van der Waals surface area contributed by atoms with Crippen molar-refractivity contribution in [1.29, 1.82) is 5.26 Å². The number of carbonyl (C=O) groups is 2. The van der Waals surface area contributed by atoms with Gasteiger partial charge in [-0.2, -0.15) is 5.26 Å². The standard InChI is InChI=1S/C21H19N3O3S/c22-10-11-23-20(25)18(12-16-14-28-19-9-5-4-8-17(16)19)24-21(26)27-13-15-6-2-1-3-7-15/h1-9,14,18H,11-13H2,(H,23,25)(H,24,26)/t18-/m0/s1. The molecule has 1 atom stereocenters. The van der Waals surface area contributed by atoms with Crippen LogP contribution in [0.25, 0.3) is 10.1 Å². The van der Waals surface area contributed by atoms with Crippen LogP contribution in [0.1, 0.15) is 11.1 Å². The molecule has 142 valence electrons. The highest BCUT2D eigenvalue weighted by Gasteiger charge is 2.23. The van der Waals surface area contributed by atoms with E-state index in [0.29, 0.717) is 6.42 Å². The number of ether oxygens (including phenoxy) is 1. The van der Waals surface area contributed by atoms with Crippen LogP contribution in [0.5, 0.6) is 0 Å². The Morgan fingerprint density at radius 1 is 1.11 bits per heavy atom. The molecule has 0 bridgehead atoms. The van der Waals surface area contributed by atoms with Crippen LogP contribution in [0.2, 0.25) is 0 Å². The summed E-state index contributed by atoms with van der Waals surface area (Å²) in [6, 6.07) is 18.2. The third kappa shape index (κ3) is 5.09. The molecule has 2 aromatic carbocycles. The lowest BCUT2D eigenvalue weighted by atomic mass is 10.0. The van der Waals surface area contributed by atoms with E-state index in [2.05, 4.69) is 10.6 Å². The number of rotatable bonds is 7. The quantitative estimate of drug-likeness (QED) is 0.602. The number of nitrogens with one attached hydrogen (secondary N) is 2. The van der Waals surface area contributed by atoms with Gasteiger partial charge in [0.25, 0.3) is 0 Å². The van der Waals surface area contributed by atoms with Crippen molar-refractivity contribution < 1.29 is 14.3 Å². The van der Waals surface area contributed by atoms with E-state index in [9.17, 15) is 9.59 Å². The fourth-order valence-electron chi connectivity index (χ4n) is 2.78. The van der Waals surface area contributed by atoms with Crippen LogP contribution in [0.4, 0.5) is 4.79 Å². The van der Waals surface area contributed by atoms with E-state index >= 15 is 0 Å². The topological polar surface area (TPSA) is 91.2 Å². The van der Waals surface area contributed by atoms with Crippen molar-refractivity contribution >= 4 is 33.4 Å². The smallest absolute Gasteiger partial charge is 0.408 e. The molecule has 0 fully saturated rings. The molecule has 7 heteroatoms. The minimum atomic E-state index is -0.838. The van der Waals surface area contributed by atoms with Crippen molar-refractivity contribution in [1.82, 2.24) is 10.6 Å². The molecule has 1 aromatic heterocycles. The lowest BCUT2D eigenvalue weighted by Crippen LogP contribution is -2.48. The molecular formula is C21H19N3O3S. The first-order valence-corrected chi connectivity index (χ1v) is 9.62. The van der Waals surface area contributed by atoms with Gasteiger partial charge < -0.3 is 15.4 Å². The molecule has 1 heterocycles. The van der Waals surface area contributed by atoms with E-state index in [1.54, 1.807) is 11.3 Å². The molecule has 2 N–H and O–H groups in total. The average molecular weight is 393 g/mol. The lowest BCUT2D eigenvalue weighted by molar-refractivity contribution is -0.122. The molecule has 0 aliphatic heterocycles. The van der Waals surface area contributed by atoms with Crippen LogP contribution < -0.4 is 10.6 Å². The van der Waals surface area contributed by atoms with Gasteiger partial charge in [0.05, 0.1) is 6.07 Å². The molecule has 0 spiro atoms. The molecule has 2 amide bonds. The van der Waals surface area contributed by atoms with Crippen LogP contribution in [0, 0.1) is 11.3 Å². The number of nitrogens with zero attached hydrogens (tertiary/aromatic N) is 1. The zero-order chi connectivity index (χ0) is 19.8. The second kappa shape index (κ2) is 9.53. The van der Waals surface area contributed by atoms with Gasteiger partial charge in [0.15, 0.2) is 0 Å². The summed E-state index contributed by atoms with van der Waals surface area (Å²) < 4.78 is 6.34. The van der Waals surface area contributed by atoms with E-state index in [-0.39, 0.29) is 13.2 Å². The fourth-order valence-corrected chi connectivity index (χ4v) is 3.75. The molecule has 3 aromatic rings. The van der Waals surface area contributed by atoms with Crippen molar-refractivity contribution in [3.05, 3.63) is 71.1 Å². The largest absolute Gasteiger partial charge is 0.445 e. The van der Waals surface area contributed by atoms with Crippen molar-refractivity contribution in [2.24, 2.45) is 0 Å². The number of benzene rings is 2. The molecule has 0 unspecified atom stereocenters. The summed E-state index contributed by atoms with van der Waals surface area (Å²) in [5, 5.41) is 16.9. The molecule has 0 saturated heterocycles. The number of thiophene rings is 1. The number of alkyl carbamates (subject to hydrolysis) is 1. The summed E-state index contributed by atoms with van der Waals surface area (Å²) in [7, 11) is 0. The maximum atomic E-state index is 12.4. The van der Waals surface area contributed by atoms with Gasteiger partial charge in [-0.15, -0.1) is 11.3 Å². The van der Waals surface area contributed by atoms with Gasteiger partial charge in [0.1, 0.15) is 19.2 Å². The van der Waals surface area contributed by atoms with Gasteiger partial charge in [0.2, 0.25) is 5.91 Å². The van der Waals surface area contributed by atoms with Crippen LogP contribution >= 0.6 is 11.3 Å². The summed E-state index contributed by atoms with van der Waals surface area (Å²) in [5.74, 6) is -0.423. The van der Waals surface area contributed by atoms with E-state index in [1.165, 1.54) is 0 Å². The number of amides is 2. The Morgan fingerprint density at radius 2 is 1.86 bits per heavy atom. The van der Waals surface area contributed by atoms with Crippen molar-refractivity contribution in [3.8, 4) is 6.07 Å². The minimum Gasteiger partial charge on any atom is -0.445 e. The van der Waals surface area contributed by atoms with E-state index in [1.807, 2.05) is 66.0 Å². The Bertz CT molecular complexity index is 995.